The molecular weight excluding hydrogens is 351 g/mol. The fourth-order valence-electron chi connectivity index (χ4n) is 2.81. The molecule has 0 unspecified atom stereocenters. The quantitative estimate of drug-likeness (QED) is 0.286. The van der Waals surface area contributed by atoms with E-state index in [0.717, 1.165) is 25.7 Å². The maximum absolute atomic E-state index is 10.1. The summed E-state index contributed by atoms with van der Waals surface area (Å²) in [4.78, 5) is 20.2. The van der Waals surface area contributed by atoms with E-state index in [1.807, 2.05) is 0 Å². The fraction of sp³-hybridized carbons (Fsp3) is 0.909. The summed E-state index contributed by atoms with van der Waals surface area (Å²) in [6, 6.07) is 0. The summed E-state index contributed by atoms with van der Waals surface area (Å²) in [5.41, 5.74) is 0. The normalized spacial score (nSPS) is 9.85. The number of rotatable bonds is 18. The Balaban J connectivity index is -0.000000416. The second-order valence-corrected chi connectivity index (χ2v) is 7.22. The average Bonchev–Trinajstić information content (AvgIpc) is 2.59. The molecule has 4 nitrogen and oxygen atoms in total. The van der Waals surface area contributed by atoms with Crippen molar-refractivity contribution in [2.45, 2.75) is 129 Å². The summed E-state index contributed by atoms with van der Waals surface area (Å²) < 4.78 is 0. The van der Waals surface area contributed by atoms with E-state index in [1.165, 1.54) is 77.0 Å². The van der Waals surface area contributed by atoms with E-state index < -0.39 is 11.9 Å². The van der Waals surface area contributed by atoms with Crippen molar-refractivity contribution in [2.75, 3.05) is 0 Å². The van der Waals surface area contributed by atoms with Crippen LogP contribution in [0.3, 0.4) is 0 Å². The zero-order chi connectivity index (χ0) is 19.9. The van der Waals surface area contributed by atoms with E-state index >= 15 is 0 Å². The van der Waals surface area contributed by atoms with Gasteiger partial charge in [-0.25, -0.2) is 0 Å². The summed E-state index contributed by atoms with van der Waals surface area (Å²) in [5, 5.41) is 18.4. The van der Waals surface area contributed by atoms with Gasteiger partial charge in [-0.15, -0.1) is 0 Å². The first-order chi connectivity index (χ1) is 12.5. The van der Waals surface area contributed by atoms with Crippen LogP contribution in [0, 0.1) is 0 Å². The van der Waals surface area contributed by atoms with Crippen molar-refractivity contribution in [1.29, 1.82) is 0 Å². The van der Waals surface area contributed by atoms with Crippen LogP contribution in [0.5, 0.6) is 0 Å². The molecule has 0 spiro atoms. The van der Waals surface area contributed by atoms with Crippen LogP contribution in [-0.2, 0) is 9.59 Å². The Morgan fingerprint density at radius 2 is 0.889 bits per heavy atom. The number of hydrogen-bond donors (Lipinski definition) is 1. The standard InChI is InChI=1S/C12H24O2.C10H20O2.Na/c1-2-3-4-5-6-7-8-9-10-11-12(13)14;1-2-3-4-5-6-7-8-9-10(11)12;/h2-11H2,1H3,(H,13,14);2-9H2,1H3,(H,11,12);/q;;+1/p-1. The summed E-state index contributed by atoms with van der Waals surface area (Å²) in [6.45, 7) is 4.42. The number of unbranched alkanes of at least 4 members (excludes halogenated alkanes) is 14. The molecule has 0 rings (SSSR count). The average molecular weight is 395 g/mol. The fourth-order valence-corrected chi connectivity index (χ4v) is 2.81. The van der Waals surface area contributed by atoms with Gasteiger partial charge in [0.2, 0.25) is 0 Å². The number of carbonyl (C=O) groups is 2. The largest absolute Gasteiger partial charge is 1.00 e. The predicted molar refractivity (Wildman–Crippen MR) is 107 cm³/mol. The van der Waals surface area contributed by atoms with Crippen LogP contribution in [0.1, 0.15) is 129 Å². The smallest absolute Gasteiger partial charge is 0.550 e. The zero-order valence-corrected chi connectivity index (χ0v) is 20.4. The van der Waals surface area contributed by atoms with E-state index in [-0.39, 0.29) is 36.0 Å². The van der Waals surface area contributed by atoms with Gasteiger partial charge in [-0.1, -0.05) is 104 Å². The van der Waals surface area contributed by atoms with Crippen LogP contribution in [-0.4, -0.2) is 17.0 Å². The first-order valence-corrected chi connectivity index (χ1v) is 11.0. The van der Waals surface area contributed by atoms with Gasteiger partial charge in [0.05, 0.1) is 0 Å². The molecule has 0 fully saturated rings. The van der Waals surface area contributed by atoms with Gasteiger partial charge in [-0.3, -0.25) is 4.79 Å². The molecule has 0 aromatic heterocycles. The third kappa shape index (κ3) is 37.4. The van der Waals surface area contributed by atoms with Gasteiger partial charge in [0.1, 0.15) is 0 Å². The first-order valence-electron chi connectivity index (χ1n) is 11.0. The van der Waals surface area contributed by atoms with Crippen molar-refractivity contribution in [3.63, 3.8) is 0 Å². The van der Waals surface area contributed by atoms with E-state index in [4.69, 9.17) is 5.11 Å². The SMILES string of the molecule is CCCCCCCCCC(=O)O.CCCCCCCCCCCC(=O)[O-].[Na+]. The first kappa shape index (κ1) is 31.6. The second kappa shape index (κ2) is 28.2. The molecular formula is C22H43NaO4. The van der Waals surface area contributed by atoms with E-state index in [9.17, 15) is 14.7 Å². The number of carboxylic acid groups (broad SMARTS) is 2. The summed E-state index contributed by atoms with van der Waals surface area (Å²) >= 11 is 0. The molecule has 27 heavy (non-hydrogen) atoms. The number of aliphatic carboxylic acids is 2. The van der Waals surface area contributed by atoms with Crippen LogP contribution in [0.4, 0.5) is 0 Å². The van der Waals surface area contributed by atoms with Crippen molar-refractivity contribution in [2.24, 2.45) is 0 Å². The summed E-state index contributed by atoms with van der Waals surface area (Å²) in [7, 11) is 0. The van der Waals surface area contributed by atoms with Gasteiger partial charge in [-0.05, 0) is 19.3 Å². The Hall–Kier alpha value is -0.0600. The van der Waals surface area contributed by atoms with Gasteiger partial charge >= 0.3 is 35.5 Å². The minimum Gasteiger partial charge on any atom is -0.550 e. The summed E-state index contributed by atoms with van der Waals surface area (Å²) in [6.07, 6.45) is 19.8. The number of carbonyl (C=O) groups excluding carboxylic acids is 1. The van der Waals surface area contributed by atoms with E-state index in [1.54, 1.807) is 0 Å². The second-order valence-electron chi connectivity index (χ2n) is 7.22. The molecule has 1 N–H and O–H groups in total. The van der Waals surface area contributed by atoms with Crippen LogP contribution in [0.2, 0.25) is 0 Å². The minimum absolute atomic E-state index is 0. The Bertz CT molecular complexity index is 309. The van der Waals surface area contributed by atoms with Crippen molar-refractivity contribution in [3.05, 3.63) is 0 Å². The molecule has 0 aromatic rings. The molecule has 0 atom stereocenters. The van der Waals surface area contributed by atoms with Gasteiger partial charge in [-0.2, -0.15) is 0 Å². The van der Waals surface area contributed by atoms with Gasteiger partial charge in [0, 0.05) is 12.4 Å². The Kier molecular flexibility index (Phi) is 33.0. The molecule has 156 valence electrons. The summed E-state index contributed by atoms with van der Waals surface area (Å²) in [5.74, 6) is -1.57. The Labute approximate surface area is 190 Å². The molecule has 0 saturated carbocycles. The van der Waals surface area contributed by atoms with Crippen LogP contribution >= 0.6 is 0 Å². The molecule has 0 bridgehead atoms. The number of carboxylic acids is 2. The van der Waals surface area contributed by atoms with Crippen LogP contribution < -0.4 is 34.7 Å². The topological polar surface area (TPSA) is 77.4 Å². The monoisotopic (exact) mass is 394 g/mol. The van der Waals surface area contributed by atoms with Gasteiger partial charge in [0.25, 0.3) is 0 Å². The van der Waals surface area contributed by atoms with E-state index in [0.29, 0.717) is 6.42 Å². The maximum Gasteiger partial charge on any atom is 1.00 e. The predicted octanol–water partition coefficient (Wildman–Crippen LogP) is 2.87. The van der Waals surface area contributed by atoms with Crippen molar-refractivity contribution < 1.29 is 49.4 Å². The molecule has 0 aliphatic carbocycles. The van der Waals surface area contributed by atoms with Crippen LogP contribution in [0.25, 0.3) is 0 Å². The van der Waals surface area contributed by atoms with Crippen molar-refractivity contribution >= 4 is 11.9 Å². The molecule has 0 radical (unpaired) electrons. The molecule has 0 aliphatic rings. The molecule has 5 heteroatoms. The molecule has 0 aromatic carbocycles. The zero-order valence-electron chi connectivity index (χ0n) is 18.4. The maximum atomic E-state index is 10.1. The molecule has 0 heterocycles. The van der Waals surface area contributed by atoms with Gasteiger partial charge < -0.3 is 15.0 Å². The molecule has 0 aliphatic heterocycles. The van der Waals surface area contributed by atoms with Crippen LogP contribution in [0.15, 0.2) is 0 Å². The third-order valence-corrected chi connectivity index (χ3v) is 4.48. The molecule has 0 amide bonds. The molecule has 0 saturated heterocycles. The Morgan fingerprint density at radius 1 is 0.593 bits per heavy atom. The third-order valence-electron chi connectivity index (χ3n) is 4.48. The minimum atomic E-state index is -0.909. The van der Waals surface area contributed by atoms with Crippen molar-refractivity contribution in [1.82, 2.24) is 0 Å². The van der Waals surface area contributed by atoms with Gasteiger partial charge in [0.15, 0.2) is 0 Å². The Morgan fingerprint density at radius 3 is 1.19 bits per heavy atom. The van der Waals surface area contributed by atoms with E-state index in [2.05, 4.69) is 13.8 Å². The number of hydrogen-bond acceptors (Lipinski definition) is 3. The van der Waals surface area contributed by atoms with Crippen molar-refractivity contribution in [3.8, 4) is 0 Å².